The predicted octanol–water partition coefficient (Wildman–Crippen LogP) is 4.24. The third-order valence-corrected chi connectivity index (χ3v) is 6.90. The standard InChI is InChI=1S/C25H26ClF2N5O3/c1-15-21(19(26)10-14-33(15)36)16-3-5-18(6-4-16)30-24(35)22(17-7-11-25(27,28)12-8-17)31-23(34)20-9-13-29-32(20)2/h3-6,9-10,13-14,17,22H,7-8,11-12H2,1-2H3,(H,30,35)(H,31,34)/t22-/m0/s1. The summed E-state index contributed by atoms with van der Waals surface area (Å²) in [6.07, 6.45) is 2.33. The van der Waals surface area contributed by atoms with Crippen molar-refractivity contribution >= 4 is 29.1 Å². The molecule has 2 aromatic heterocycles. The van der Waals surface area contributed by atoms with E-state index >= 15 is 0 Å². The maximum Gasteiger partial charge on any atom is 0.270 e. The van der Waals surface area contributed by atoms with Gasteiger partial charge < -0.3 is 15.8 Å². The zero-order valence-electron chi connectivity index (χ0n) is 19.8. The van der Waals surface area contributed by atoms with Crippen molar-refractivity contribution < 1.29 is 23.1 Å². The Balaban J connectivity index is 1.53. The number of carbonyl (C=O) groups excluding carboxylic acids is 2. The number of pyridine rings is 1. The second-order valence-corrected chi connectivity index (χ2v) is 9.41. The van der Waals surface area contributed by atoms with Gasteiger partial charge in [0.15, 0.2) is 11.9 Å². The van der Waals surface area contributed by atoms with Crippen LogP contribution in [0.25, 0.3) is 11.1 Å². The van der Waals surface area contributed by atoms with Gasteiger partial charge in [-0.15, -0.1) is 0 Å². The summed E-state index contributed by atoms with van der Waals surface area (Å²) >= 11 is 6.29. The highest BCUT2D eigenvalue weighted by molar-refractivity contribution is 6.33. The number of aromatic nitrogens is 3. The minimum atomic E-state index is -2.77. The van der Waals surface area contributed by atoms with Crippen LogP contribution in [0.5, 0.6) is 0 Å². The van der Waals surface area contributed by atoms with Gasteiger partial charge in [-0.3, -0.25) is 14.3 Å². The third kappa shape index (κ3) is 5.48. The minimum Gasteiger partial charge on any atom is -0.618 e. The van der Waals surface area contributed by atoms with Gasteiger partial charge in [0.2, 0.25) is 11.8 Å². The quantitative estimate of drug-likeness (QED) is 0.377. The molecule has 0 spiro atoms. The molecule has 0 unspecified atom stereocenters. The fourth-order valence-electron chi connectivity index (χ4n) is 4.50. The number of aryl methyl sites for hydroxylation is 1. The molecule has 2 heterocycles. The minimum absolute atomic E-state index is 0.108. The highest BCUT2D eigenvalue weighted by atomic mass is 35.5. The lowest BCUT2D eigenvalue weighted by Gasteiger charge is -2.33. The third-order valence-electron chi connectivity index (χ3n) is 6.58. The maximum atomic E-state index is 13.8. The van der Waals surface area contributed by atoms with Gasteiger partial charge in [-0.1, -0.05) is 23.7 Å². The second-order valence-electron chi connectivity index (χ2n) is 9.00. The van der Waals surface area contributed by atoms with Gasteiger partial charge in [0.25, 0.3) is 5.91 Å². The zero-order chi connectivity index (χ0) is 26.0. The Hall–Kier alpha value is -3.53. The van der Waals surface area contributed by atoms with Crippen LogP contribution in [0.1, 0.15) is 41.9 Å². The summed E-state index contributed by atoms with van der Waals surface area (Å²) in [6.45, 7) is 1.66. The first-order chi connectivity index (χ1) is 17.1. The van der Waals surface area contributed by atoms with Gasteiger partial charge in [0, 0.05) is 44.8 Å². The molecule has 1 fully saturated rings. The molecule has 36 heavy (non-hydrogen) atoms. The Bertz CT molecular complexity index is 1270. The fraction of sp³-hybridized carbons (Fsp3) is 0.360. The number of halogens is 3. The lowest BCUT2D eigenvalue weighted by molar-refractivity contribution is -0.611. The number of alkyl halides is 2. The molecule has 2 amide bonds. The van der Waals surface area contributed by atoms with Crippen molar-refractivity contribution in [2.24, 2.45) is 13.0 Å². The smallest absolute Gasteiger partial charge is 0.270 e. The molecule has 0 saturated heterocycles. The van der Waals surface area contributed by atoms with Crippen molar-refractivity contribution in [2.75, 3.05) is 5.32 Å². The molecule has 1 atom stereocenters. The van der Waals surface area contributed by atoms with E-state index < -0.39 is 29.7 Å². The lowest BCUT2D eigenvalue weighted by Crippen LogP contribution is -2.50. The summed E-state index contributed by atoms with van der Waals surface area (Å²) in [4.78, 5) is 26.1. The number of hydrogen-bond donors (Lipinski definition) is 2. The first-order valence-electron chi connectivity index (χ1n) is 11.5. The van der Waals surface area contributed by atoms with E-state index in [1.807, 2.05) is 0 Å². The molecule has 11 heteroatoms. The average Bonchev–Trinajstić information content (AvgIpc) is 3.27. The normalized spacial score (nSPS) is 16.4. The molecular formula is C25H26ClF2N5O3. The van der Waals surface area contributed by atoms with E-state index in [1.165, 1.54) is 29.2 Å². The van der Waals surface area contributed by atoms with E-state index in [2.05, 4.69) is 15.7 Å². The highest BCUT2D eigenvalue weighted by Crippen LogP contribution is 2.38. The topological polar surface area (TPSA) is 103 Å². The van der Waals surface area contributed by atoms with Crippen LogP contribution in [0.3, 0.4) is 0 Å². The number of benzene rings is 1. The van der Waals surface area contributed by atoms with E-state index in [0.29, 0.717) is 27.5 Å². The first-order valence-corrected chi connectivity index (χ1v) is 11.9. The molecule has 8 nitrogen and oxygen atoms in total. The second kappa shape index (κ2) is 10.2. The molecular weight excluding hydrogens is 492 g/mol. The SMILES string of the molecule is Cc1c(-c2ccc(NC(=O)[C@@H](NC(=O)c3ccnn3C)C3CCC(F)(F)CC3)cc2)c(Cl)cc[n+]1[O-]. The van der Waals surface area contributed by atoms with Crippen LogP contribution in [0, 0.1) is 18.0 Å². The molecule has 0 bridgehead atoms. The number of hydrogen-bond acceptors (Lipinski definition) is 4. The van der Waals surface area contributed by atoms with E-state index in [4.69, 9.17) is 11.6 Å². The summed E-state index contributed by atoms with van der Waals surface area (Å²) in [7, 11) is 1.60. The van der Waals surface area contributed by atoms with Gasteiger partial charge in [-0.25, -0.2) is 8.78 Å². The Labute approximate surface area is 211 Å². The number of rotatable bonds is 6. The molecule has 0 radical (unpaired) electrons. The van der Waals surface area contributed by atoms with Crippen LogP contribution in [0.2, 0.25) is 5.02 Å². The molecule has 1 aliphatic rings. The summed E-state index contributed by atoms with van der Waals surface area (Å²) in [5.41, 5.74) is 2.41. The number of anilines is 1. The van der Waals surface area contributed by atoms with Crippen LogP contribution < -0.4 is 15.4 Å². The molecule has 1 saturated carbocycles. The van der Waals surface area contributed by atoms with Crippen LogP contribution >= 0.6 is 11.6 Å². The van der Waals surface area contributed by atoms with Crippen LogP contribution in [-0.4, -0.2) is 33.6 Å². The first kappa shape index (κ1) is 25.6. The van der Waals surface area contributed by atoms with Crippen molar-refractivity contribution in [1.29, 1.82) is 0 Å². The predicted molar refractivity (Wildman–Crippen MR) is 131 cm³/mol. The van der Waals surface area contributed by atoms with E-state index in [-0.39, 0.29) is 31.4 Å². The molecule has 1 aliphatic carbocycles. The number of carbonyl (C=O) groups is 2. The van der Waals surface area contributed by atoms with Crippen molar-refractivity contribution in [2.45, 2.75) is 44.6 Å². The molecule has 0 aliphatic heterocycles. The summed E-state index contributed by atoms with van der Waals surface area (Å²) in [5, 5.41) is 21.8. The van der Waals surface area contributed by atoms with E-state index in [0.717, 1.165) is 4.73 Å². The van der Waals surface area contributed by atoms with Crippen molar-refractivity contribution in [1.82, 2.24) is 15.1 Å². The number of nitrogens with zero attached hydrogens (tertiary/aromatic N) is 3. The van der Waals surface area contributed by atoms with Gasteiger partial charge in [-0.2, -0.15) is 9.83 Å². The highest BCUT2D eigenvalue weighted by Gasteiger charge is 2.40. The summed E-state index contributed by atoms with van der Waals surface area (Å²) in [5.74, 6) is -4.22. The summed E-state index contributed by atoms with van der Waals surface area (Å²) in [6, 6.07) is 8.76. The maximum absolute atomic E-state index is 13.8. The average molecular weight is 518 g/mol. The van der Waals surface area contributed by atoms with Gasteiger partial charge in [0.1, 0.15) is 11.7 Å². The fourth-order valence-corrected chi connectivity index (χ4v) is 4.81. The van der Waals surface area contributed by atoms with Crippen molar-refractivity contribution in [3.63, 3.8) is 0 Å². The van der Waals surface area contributed by atoms with Gasteiger partial charge >= 0.3 is 0 Å². The lowest BCUT2D eigenvalue weighted by atomic mass is 9.81. The van der Waals surface area contributed by atoms with E-state index in [1.54, 1.807) is 38.2 Å². The number of amides is 2. The molecule has 4 rings (SSSR count). The van der Waals surface area contributed by atoms with Crippen LogP contribution in [0.15, 0.2) is 48.8 Å². The molecule has 3 aromatic rings. The van der Waals surface area contributed by atoms with E-state index in [9.17, 15) is 23.6 Å². The van der Waals surface area contributed by atoms with Gasteiger partial charge in [-0.05, 0) is 42.5 Å². The molecule has 1 aromatic carbocycles. The van der Waals surface area contributed by atoms with Crippen molar-refractivity contribution in [3.05, 3.63) is 70.4 Å². The summed E-state index contributed by atoms with van der Waals surface area (Å²) < 4.78 is 29.6. The Kier molecular flexibility index (Phi) is 7.26. The Morgan fingerprint density at radius 2 is 1.86 bits per heavy atom. The van der Waals surface area contributed by atoms with Crippen LogP contribution in [-0.2, 0) is 11.8 Å². The molecule has 190 valence electrons. The largest absolute Gasteiger partial charge is 0.618 e. The van der Waals surface area contributed by atoms with Gasteiger partial charge in [0.05, 0.1) is 10.6 Å². The van der Waals surface area contributed by atoms with Crippen molar-refractivity contribution in [3.8, 4) is 11.1 Å². The zero-order valence-corrected chi connectivity index (χ0v) is 20.6. The van der Waals surface area contributed by atoms with Crippen LogP contribution in [0.4, 0.5) is 14.5 Å². The monoisotopic (exact) mass is 517 g/mol. The Morgan fingerprint density at radius 3 is 2.47 bits per heavy atom. The Morgan fingerprint density at radius 1 is 1.19 bits per heavy atom. The number of nitrogens with one attached hydrogen (secondary N) is 2. The molecule has 2 N–H and O–H groups in total.